The van der Waals surface area contributed by atoms with Crippen molar-refractivity contribution in [3.05, 3.63) is 42.0 Å². The number of methoxy groups -OCH3 is 1. The van der Waals surface area contributed by atoms with Gasteiger partial charge in [-0.25, -0.2) is 0 Å². The number of carbonyl (C=O) groups excluding carboxylic acids is 1. The van der Waals surface area contributed by atoms with E-state index in [4.69, 9.17) is 4.74 Å². The molecule has 0 aliphatic heterocycles. The quantitative estimate of drug-likeness (QED) is 0.583. The number of nitrogens with one attached hydrogen (secondary N) is 2. The molecule has 2 N–H and O–H groups in total. The van der Waals surface area contributed by atoms with E-state index < -0.39 is 0 Å². The van der Waals surface area contributed by atoms with Crippen molar-refractivity contribution in [1.82, 2.24) is 10.6 Å². The van der Waals surface area contributed by atoms with Gasteiger partial charge in [0.15, 0.2) is 0 Å². The van der Waals surface area contributed by atoms with E-state index in [2.05, 4.69) is 17.2 Å². The summed E-state index contributed by atoms with van der Waals surface area (Å²) in [5, 5.41) is 5.91. The summed E-state index contributed by atoms with van der Waals surface area (Å²) in [5.74, 6) is 0.746. The largest absolute Gasteiger partial charge is 0.496 e. The Bertz CT molecular complexity index is 444. The second kappa shape index (κ2) is 7.59. The average Bonchev–Trinajstić information content (AvgIpc) is 2.39. The Labute approximate surface area is 114 Å². The molecule has 0 radical (unpaired) electrons. The third-order valence-electron chi connectivity index (χ3n) is 2.80. The van der Waals surface area contributed by atoms with Crippen molar-refractivity contribution in [3.8, 4) is 5.75 Å². The average molecular weight is 262 g/mol. The van der Waals surface area contributed by atoms with E-state index in [1.165, 1.54) is 0 Å². The Kier molecular flexibility index (Phi) is 6.09. The molecule has 0 aliphatic rings. The minimum atomic E-state index is -0.0899. The van der Waals surface area contributed by atoms with Crippen LogP contribution in [0.15, 0.2) is 30.9 Å². The molecule has 0 heterocycles. The van der Waals surface area contributed by atoms with Crippen LogP contribution in [0.4, 0.5) is 0 Å². The van der Waals surface area contributed by atoms with Gasteiger partial charge in [0.1, 0.15) is 5.75 Å². The van der Waals surface area contributed by atoms with E-state index >= 15 is 0 Å². The van der Waals surface area contributed by atoms with Gasteiger partial charge in [0, 0.05) is 12.1 Å². The Morgan fingerprint density at radius 1 is 1.53 bits per heavy atom. The highest BCUT2D eigenvalue weighted by Crippen LogP contribution is 2.25. The summed E-state index contributed by atoms with van der Waals surface area (Å²) >= 11 is 0. The van der Waals surface area contributed by atoms with Gasteiger partial charge in [0.25, 0.3) is 0 Å². The van der Waals surface area contributed by atoms with Gasteiger partial charge in [-0.3, -0.25) is 4.79 Å². The number of carbonyl (C=O) groups is 1. The smallest absolute Gasteiger partial charge is 0.234 e. The molecule has 0 fully saturated rings. The second-order valence-corrected chi connectivity index (χ2v) is 4.45. The first-order valence-electron chi connectivity index (χ1n) is 6.34. The van der Waals surface area contributed by atoms with Crippen molar-refractivity contribution in [2.75, 3.05) is 20.2 Å². The third kappa shape index (κ3) is 4.75. The van der Waals surface area contributed by atoms with Gasteiger partial charge in [-0.2, -0.15) is 0 Å². The molecule has 0 saturated carbocycles. The fraction of sp³-hybridized carbons (Fsp3) is 0.400. The van der Waals surface area contributed by atoms with Crippen LogP contribution >= 0.6 is 0 Å². The van der Waals surface area contributed by atoms with Gasteiger partial charge >= 0.3 is 0 Å². The molecule has 1 unspecified atom stereocenters. The molecule has 0 aliphatic carbocycles. The molecule has 4 heteroatoms. The van der Waals surface area contributed by atoms with Crippen LogP contribution in [0.2, 0.25) is 0 Å². The molecule has 0 spiro atoms. The lowest BCUT2D eigenvalue weighted by atomic mass is 10.0. The lowest BCUT2D eigenvalue weighted by Gasteiger charge is -2.18. The maximum absolute atomic E-state index is 11.7. The van der Waals surface area contributed by atoms with E-state index in [-0.39, 0.29) is 18.5 Å². The number of aryl methyl sites for hydroxylation is 1. The number of amides is 1. The van der Waals surface area contributed by atoms with Gasteiger partial charge in [0.2, 0.25) is 5.91 Å². The van der Waals surface area contributed by atoms with E-state index in [0.717, 1.165) is 16.9 Å². The fourth-order valence-corrected chi connectivity index (χ4v) is 1.85. The molecule has 1 atom stereocenters. The minimum absolute atomic E-state index is 0.0436. The molecular formula is C15H22N2O2. The molecule has 1 amide bonds. The van der Waals surface area contributed by atoms with Crippen molar-refractivity contribution in [3.63, 3.8) is 0 Å². The first-order valence-corrected chi connectivity index (χ1v) is 6.34. The highest BCUT2D eigenvalue weighted by Gasteiger charge is 2.13. The summed E-state index contributed by atoms with van der Waals surface area (Å²) in [7, 11) is 1.63. The van der Waals surface area contributed by atoms with Crippen LogP contribution in [0.3, 0.4) is 0 Å². The normalized spacial score (nSPS) is 11.7. The van der Waals surface area contributed by atoms with Crippen molar-refractivity contribution >= 4 is 5.91 Å². The van der Waals surface area contributed by atoms with Crippen LogP contribution in [-0.4, -0.2) is 26.1 Å². The first-order chi connectivity index (χ1) is 9.08. The predicted octanol–water partition coefficient (Wildman–Crippen LogP) is 1.96. The number of hydrogen-bond acceptors (Lipinski definition) is 3. The summed E-state index contributed by atoms with van der Waals surface area (Å²) in [6.07, 6.45) is 1.72. The van der Waals surface area contributed by atoms with Crippen LogP contribution in [0.25, 0.3) is 0 Å². The van der Waals surface area contributed by atoms with Gasteiger partial charge in [-0.15, -0.1) is 6.58 Å². The molecule has 1 aromatic carbocycles. The maximum Gasteiger partial charge on any atom is 0.234 e. The summed E-state index contributed by atoms with van der Waals surface area (Å²) in [5.41, 5.74) is 2.13. The van der Waals surface area contributed by atoms with Crippen molar-refractivity contribution in [2.45, 2.75) is 19.9 Å². The molecule has 0 aromatic heterocycles. The van der Waals surface area contributed by atoms with Crippen LogP contribution < -0.4 is 15.4 Å². The number of ether oxygens (including phenoxy) is 1. The van der Waals surface area contributed by atoms with E-state index in [0.29, 0.717) is 6.54 Å². The summed E-state index contributed by atoms with van der Waals surface area (Å²) in [6.45, 7) is 8.45. The monoisotopic (exact) mass is 262 g/mol. The van der Waals surface area contributed by atoms with E-state index in [1.54, 1.807) is 13.2 Å². The van der Waals surface area contributed by atoms with Crippen molar-refractivity contribution in [2.24, 2.45) is 0 Å². The summed E-state index contributed by atoms with van der Waals surface area (Å²) < 4.78 is 5.32. The van der Waals surface area contributed by atoms with Gasteiger partial charge in [-0.1, -0.05) is 23.8 Å². The molecule has 1 rings (SSSR count). The number of rotatable bonds is 7. The minimum Gasteiger partial charge on any atom is -0.496 e. The number of hydrogen-bond donors (Lipinski definition) is 2. The molecule has 104 valence electrons. The lowest BCUT2D eigenvalue weighted by molar-refractivity contribution is -0.120. The first kappa shape index (κ1) is 15.2. The van der Waals surface area contributed by atoms with Crippen molar-refractivity contribution < 1.29 is 9.53 Å². The highest BCUT2D eigenvalue weighted by molar-refractivity contribution is 5.78. The second-order valence-electron chi connectivity index (χ2n) is 4.45. The molecule has 0 bridgehead atoms. The maximum atomic E-state index is 11.7. The molecule has 1 aromatic rings. The fourth-order valence-electron chi connectivity index (χ4n) is 1.85. The SMILES string of the molecule is C=CCNCC(=O)NC(C)c1cc(C)ccc1OC. The van der Waals surface area contributed by atoms with Crippen LogP contribution in [0.1, 0.15) is 24.1 Å². The standard InChI is InChI=1S/C15H22N2O2/c1-5-8-16-10-15(18)17-12(3)13-9-11(2)6-7-14(13)19-4/h5-7,9,12,16H,1,8,10H2,2-4H3,(H,17,18). The molecular weight excluding hydrogens is 240 g/mol. The van der Waals surface area contributed by atoms with Crippen LogP contribution in [0, 0.1) is 6.92 Å². The van der Waals surface area contributed by atoms with Crippen molar-refractivity contribution in [1.29, 1.82) is 0 Å². The zero-order valence-electron chi connectivity index (χ0n) is 11.8. The van der Waals surface area contributed by atoms with Gasteiger partial charge in [-0.05, 0) is 19.9 Å². The van der Waals surface area contributed by atoms with Crippen LogP contribution in [-0.2, 0) is 4.79 Å². The summed E-state index contributed by atoms with van der Waals surface area (Å²) in [4.78, 5) is 11.7. The van der Waals surface area contributed by atoms with Crippen LogP contribution in [0.5, 0.6) is 5.75 Å². The third-order valence-corrected chi connectivity index (χ3v) is 2.80. The van der Waals surface area contributed by atoms with E-state index in [1.807, 2.05) is 32.0 Å². The lowest BCUT2D eigenvalue weighted by Crippen LogP contribution is -2.35. The summed E-state index contributed by atoms with van der Waals surface area (Å²) in [6, 6.07) is 5.85. The van der Waals surface area contributed by atoms with E-state index in [9.17, 15) is 4.79 Å². The Morgan fingerprint density at radius 3 is 2.89 bits per heavy atom. The molecule has 0 saturated heterocycles. The predicted molar refractivity (Wildman–Crippen MR) is 77.4 cm³/mol. The zero-order valence-corrected chi connectivity index (χ0v) is 11.8. The zero-order chi connectivity index (χ0) is 14.3. The number of benzene rings is 1. The Balaban J connectivity index is 2.66. The molecule has 4 nitrogen and oxygen atoms in total. The van der Waals surface area contributed by atoms with Gasteiger partial charge in [0.05, 0.1) is 19.7 Å². The van der Waals surface area contributed by atoms with Gasteiger partial charge < -0.3 is 15.4 Å². The Morgan fingerprint density at radius 2 is 2.26 bits per heavy atom. The highest BCUT2D eigenvalue weighted by atomic mass is 16.5. The Hall–Kier alpha value is -1.81. The molecule has 19 heavy (non-hydrogen) atoms. The topological polar surface area (TPSA) is 50.4 Å².